The third-order valence-electron chi connectivity index (χ3n) is 3.56. The van der Waals surface area contributed by atoms with Crippen molar-refractivity contribution in [1.82, 2.24) is 0 Å². The summed E-state index contributed by atoms with van der Waals surface area (Å²) in [4.78, 5) is 12.2. The van der Waals surface area contributed by atoms with Crippen LogP contribution in [0.1, 0.15) is 56.4 Å². The molecule has 1 amide bonds. The minimum atomic E-state index is -0.147. The van der Waals surface area contributed by atoms with Gasteiger partial charge in [0.15, 0.2) is 0 Å². The zero-order chi connectivity index (χ0) is 16.1. The topological polar surface area (TPSA) is 42.2 Å². The van der Waals surface area contributed by atoms with Crippen LogP contribution in [0.4, 0.5) is 5.69 Å². The van der Waals surface area contributed by atoms with Gasteiger partial charge in [-0.25, -0.2) is 0 Å². The smallest absolute Gasteiger partial charge is 0.248 e. The van der Waals surface area contributed by atoms with Crippen molar-refractivity contribution < 1.29 is 9.21 Å². The standard InChI is InChI=1S/C19H23NO2/c1-13(2)16-8-5-9-17(14(3)4)19(16)20-18(21)11-10-15-7-6-12-22-15/h5-14H,1-4H3,(H,20,21)/b11-10+. The molecule has 0 spiro atoms. The zero-order valence-corrected chi connectivity index (χ0v) is 13.6. The second-order valence-electron chi connectivity index (χ2n) is 5.96. The van der Waals surface area contributed by atoms with Gasteiger partial charge in [-0.2, -0.15) is 0 Å². The number of carbonyl (C=O) groups excluding carboxylic acids is 1. The Labute approximate surface area is 132 Å². The monoisotopic (exact) mass is 297 g/mol. The molecule has 2 rings (SSSR count). The second-order valence-corrected chi connectivity index (χ2v) is 5.96. The number of benzene rings is 1. The van der Waals surface area contributed by atoms with E-state index >= 15 is 0 Å². The van der Waals surface area contributed by atoms with E-state index in [4.69, 9.17) is 4.42 Å². The molecule has 1 heterocycles. The Morgan fingerprint density at radius 3 is 2.18 bits per heavy atom. The summed E-state index contributed by atoms with van der Waals surface area (Å²) in [6.07, 6.45) is 4.75. The minimum Gasteiger partial charge on any atom is -0.465 e. The molecule has 0 fully saturated rings. The fraction of sp³-hybridized carbons (Fsp3) is 0.316. The van der Waals surface area contributed by atoms with Crippen molar-refractivity contribution in [3.63, 3.8) is 0 Å². The summed E-state index contributed by atoms with van der Waals surface area (Å²) in [5.41, 5.74) is 3.25. The largest absolute Gasteiger partial charge is 0.465 e. The Morgan fingerprint density at radius 2 is 1.68 bits per heavy atom. The van der Waals surface area contributed by atoms with Gasteiger partial charge in [0.2, 0.25) is 5.91 Å². The van der Waals surface area contributed by atoms with Gasteiger partial charge in [-0.1, -0.05) is 45.9 Å². The molecule has 1 N–H and O–H groups in total. The van der Waals surface area contributed by atoms with Gasteiger partial charge in [-0.3, -0.25) is 4.79 Å². The van der Waals surface area contributed by atoms with Crippen LogP contribution >= 0.6 is 0 Å². The third kappa shape index (κ3) is 3.88. The van der Waals surface area contributed by atoms with Gasteiger partial charge in [0.1, 0.15) is 5.76 Å². The van der Waals surface area contributed by atoms with E-state index in [-0.39, 0.29) is 5.91 Å². The summed E-state index contributed by atoms with van der Waals surface area (Å²) in [5.74, 6) is 1.22. The quantitative estimate of drug-likeness (QED) is 0.773. The lowest BCUT2D eigenvalue weighted by molar-refractivity contribution is -0.111. The van der Waals surface area contributed by atoms with Crippen LogP contribution in [-0.2, 0) is 4.79 Å². The van der Waals surface area contributed by atoms with Gasteiger partial charge in [0.05, 0.1) is 6.26 Å². The van der Waals surface area contributed by atoms with Crippen LogP contribution in [0.15, 0.2) is 47.1 Å². The Balaban J connectivity index is 2.25. The predicted molar refractivity (Wildman–Crippen MR) is 91.0 cm³/mol. The maximum atomic E-state index is 12.2. The lowest BCUT2D eigenvalue weighted by atomic mass is 9.92. The highest BCUT2D eigenvalue weighted by Gasteiger charge is 2.14. The van der Waals surface area contributed by atoms with Crippen LogP contribution in [0.3, 0.4) is 0 Å². The lowest BCUT2D eigenvalue weighted by Gasteiger charge is -2.19. The number of amides is 1. The highest BCUT2D eigenvalue weighted by Crippen LogP contribution is 2.32. The molecular weight excluding hydrogens is 274 g/mol. The molecule has 22 heavy (non-hydrogen) atoms. The molecule has 1 aromatic heterocycles. The Hall–Kier alpha value is -2.29. The van der Waals surface area contributed by atoms with E-state index in [0.717, 1.165) is 16.8 Å². The normalized spacial score (nSPS) is 11.5. The first-order chi connectivity index (χ1) is 10.5. The van der Waals surface area contributed by atoms with Crippen LogP contribution in [0.25, 0.3) is 6.08 Å². The third-order valence-corrected chi connectivity index (χ3v) is 3.56. The van der Waals surface area contributed by atoms with E-state index in [9.17, 15) is 4.79 Å². The summed E-state index contributed by atoms with van der Waals surface area (Å²) in [5, 5.41) is 3.04. The molecule has 3 nitrogen and oxygen atoms in total. The molecule has 0 atom stereocenters. The summed E-state index contributed by atoms with van der Waals surface area (Å²) >= 11 is 0. The zero-order valence-electron chi connectivity index (χ0n) is 13.6. The first-order valence-electron chi connectivity index (χ1n) is 7.64. The average molecular weight is 297 g/mol. The fourth-order valence-electron chi connectivity index (χ4n) is 2.40. The summed E-state index contributed by atoms with van der Waals surface area (Å²) in [6.45, 7) is 8.53. The predicted octanol–water partition coefficient (Wildman–Crippen LogP) is 5.18. The van der Waals surface area contributed by atoms with E-state index in [0.29, 0.717) is 17.6 Å². The SMILES string of the molecule is CC(C)c1cccc(C(C)C)c1NC(=O)/C=C/c1ccco1. The fourth-order valence-corrected chi connectivity index (χ4v) is 2.40. The van der Waals surface area contributed by atoms with Crippen molar-refractivity contribution in [1.29, 1.82) is 0 Å². The Kier molecular flexibility index (Phi) is 5.21. The molecule has 116 valence electrons. The highest BCUT2D eigenvalue weighted by molar-refractivity contribution is 6.02. The Bertz CT molecular complexity index is 626. The van der Waals surface area contributed by atoms with E-state index < -0.39 is 0 Å². The van der Waals surface area contributed by atoms with Gasteiger partial charge in [0, 0.05) is 11.8 Å². The van der Waals surface area contributed by atoms with Crippen molar-refractivity contribution in [2.24, 2.45) is 0 Å². The van der Waals surface area contributed by atoms with Crippen molar-refractivity contribution in [3.05, 3.63) is 59.6 Å². The van der Waals surface area contributed by atoms with Crippen molar-refractivity contribution in [2.45, 2.75) is 39.5 Å². The molecule has 3 heteroatoms. The van der Waals surface area contributed by atoms with Crippen molar-refractivity contribution in [3.8, 4) is 0 Å². The second kappa shape index (κ2) is 7.12. The number of carbonyl (C=O) groups is 1. The average Bonchev–Trinajstić information content (AvgIpc) is 2.98. The molecule has 0 saturated carbocycles. The number of hydrogen-bond donors (Lipinski definition) is 1. The van der Waals surface area contributed by atoms with Gasteiger partial charge in [-0.05, 0) is 41.2 Å². The maximum absolute atomic E-state index is 12.2. The van der Waals surface area contributed by atoms with Crippen LogP contribution in [-0.4, -0.2) is 5.91 Å². The maximum Gasteiger partial charge on any atom is 0.248 e. The number of anilines is 1. The van der Waals surface area contributed by atoms with Crippen molar-refractivity contribution >= 4 is 17.7 Å². The molecule has 0 unspecified atom stereocenters. The first kappa shape index (κ1) is 16.1. The van der Waals surface area contributed by atoms with E-state index in [2.05, 4.69) is 51.2 Å². The van der Waals surface area contributed by atoms with Gasteiger partial charge in [-0.15, -0.1) is 0 Å². The number of rotatable bonds is 5. The summed E-state index contributed by atoms with van der Waals surface area (Å²) in [6, 6.07) is 9.80. The van der Waals surface area contributed by atoms with Gasteiger partial charge in [0.25, 0.3) is 0 Å². The summed E-state index contributed by atoms with van der Waals surface area (Å²) < 4.78 is 5.19. The lowest BCUT2D eigenvalue weighted by Crippen LogP contribution is -2.13. The van der Waals surface area contributed by atoms with E-state index in [1.807, 2.05) is 6.07 Å². The molecular formula is C19H23NO2. The molecule has 1 aromatic carbocycles. The number of furan rings is 1. The number of hydrogen-bond acceptors (Lipinski definition) is 2. The van der Waals surface area contributed by atoms with Crippen LogP contribution in [0, 0.1) is 0 Å². The highest BCUT2D eigenvalue weighted by atomic mass is 16.3. The van der Waals surface area contributed by atoms with Gasteiger partial charge >= 0.3 is 0 Å². The molecule has 0 bridgehead atoms. The number of nitrogens with one attached hydrogen (secondary N) is 1. The molecule has 0 aliphatic carbocycles. The summed E-state index contributed by atoms with van der Waals surface area (Å²) in [7, 11) is 0. The Morgan fingerprint density at radius 1 is 1.05 bits per heavy atom. The van der Waals surface area contributed by atoms with E-state index in [1.54, 1.807) is 18.4 Å². The van der Waals surface area contributed by atoms with Crippen LogP contribution in [0.2, 0.25) is 0 Å². The van der Waals surface area contributed by atoms with Crippen molar-refractivity contribution in [2.75, 3.05) is 5.32 Å². The molecule has 0 radical (unpaired) electrons. The minimum absolute atomic E-state index is 0.147. The van der Waals surface area contributed by atoms with Crippen LogP contribution < -0.4 is 5.32 Å². The molecule has 0 aliphatic heterocycles. The molecule has 2 aromatic rings. The first-order valence-corrected chi connectivity index (χ1v) is 7.64. The van der Waals surface area contributed by atoms with Gasteiger partial charge < -0.3 is 9.73 Å². The molecule has 0 saturated heterocycles. The number of para-hydroxylation sites is 1. The van der Waals surface area contributed by atoms with Crippen LogP contribution in [0.5, 0.6) is 0 Å². The molecule has 0 aliphatic rings. The van der Waals surface area contributed by atoms with E-state index in [1.165, 1.54) is 6.08 Å².